The third kappa shape index (κ3) is 4.90. The van der Waals surface area contributed by atoms with Crippen LogP contribution in [0.25, 0.3) is 0 Å². The fourth-order valence-corrected chi connectivity index (χ4v) is 5.55. The van der Waals surface area contributed by atoms with Gasteiger partial charge in [0, 0.05) is 30.4 Å². The minimum absolute atomic E-state index is 0.0749. The molecule has 0 radical (unpaired) electrons. The van der Waals surface area contributed by atoms with Crippen molar-refractivity contribution >= 4 is 35.2 Å². The highest BCUT2D eigenvalue weighted by molar-refractivity contribution is 8.00. The Morgan fingerprint density at radius 3 is 2.50 bits per heavy atom. The third-order valence-electron chi connectivity index (χ3n) is 5.84. The van der Waals surface area contributed by atoms with Crippen LogP contribution in [0.1, 0.15) is 11.1 Å². The Bertz CT molecular complexity index is 1080. The van der Waals surface area contributed by atoms with E-state index in [2.05, 4.69) is 5.32 Å². The summed E-state index contributed by atoms with van der Waals surface area (Å²) in [5.74, 6) is -1.42. The fourth-order valence-electron chi connectivity index (χ4n) is 4.05. The quantitative estimate of drug-likeness (QED) is 0.247. The number of amides is 2. The molecule has 4 rings (SSSR count). The number of aliphatic hydroxyl groups excluding tert-OH is 1. The van der Waals surface area contributed by atoms with E-state index in [0.29, 0.717) is 11.3 Å². The first-order valence-corrected chi connectivity index (χ1v) is 11.7. The highest BCUT2D eigenvalue weighted by Crippen LogP contribution is 2.41. The standard InChI is InChI=1S/C23H23N3O7S/c27-11-16-13-34-22-19(24-18(28)10-14-4-2-1-3-5-14)21(29)25(22)20(16)23(30)33-12-15-6-8-17(9-7-15)26(31)32/h1-9,16,19-20,22,27H,10-13H2,(H,24,28)/t16?,19?,20?,22-/m0/s1. The molecule has 2 aliphatic rings. The number of esters is 1. The van der Waals surface area contributed by atoms with E-state index in [1.165, 1.54) is 40.9 Å². The van der Waals surface area contributed by atoms with Crippen molar-refractivity contribution in [3.05, 3.63) is 75.8 Å². The molecule has 10 nitrogen and oxygen atoms in total. The summed E-state index contributed by atoms with van der Waals surface area (Å²) in [7, 11) is 0. The van der Waals surface area contributed by atoms with Crippen molar-refractivity contribution in [3.63, 3.8) is 0 Å². The number of aliphatic hydroxyl groups is 1. The number of thioether (sulfide) groups is 1. The molecule has 2 aromatic carbocycles. The molecule has 2 amide bonds. The number of nitrogens with zero attached hydrogens (tertiary/aromatic N) is 2. The summed E-state index contributed by atoms with van der Waals surface area (Å²) >= 11 is 1.40. The first-order chi connectivity index (χ1) is 16.4. The molecule has 34 heavy (non-hydrogen) atoms. The van der Waals surface area contributed by atoms with Crippen LogP contribution in [0.2, 0.25) is 0 Å². The van der Waals surface area contributed by atoms with Crippen LogP contribution >= 0.6 is 11.8 Å². The van der Waals surface area contributed by atoms with E-state index in [0.717, 1.165) is 5.56 Å². The van der Waals surface area contributed by atoms with Crippen molar-refractivity contribution in [2.45, 2.75) is 30.5 Å². The summed E-state index contributed by atoms with van der Waals surface area (Å²) in [5, 5.41) is 22.9. The van der Waals surface area contributed by atoms with Crippen molar-refractivity contribution < 1.29 is 29.2 Å². The molecule has 2 N–H and O–H groups in total. The van der Waals surface area contributed by atoms with Gasteiger partial charge in [-0.1, -0.05) is 30.3 Å². The highest BCUT2D eigenvalue weighted by atomic mass is 32.2. The Kier molecular flexibility index (Phi) is 7.13. The Morgan fingerprint density at radius 2 is 1.85 bits per heavy atom. The van der Waals surface area contributed by atoms with Crippen LogP contribution in [-0.4, -0.2) is 62.5 Å². The Balaban J connectivity index is 1.38. The number of ether oxygens (including phenoxy) is 1. The first-order valence-electron chi connectivity index (χ1n) is 10.7. The lowest BCUT2D eigenvalue weighted by Crippen LogP contribution is -2.76. The van der Waals surface area contributed by atoms with E-state index >= 15 is 0 Å². The van der Waals surface area contributed by atoms with Crippen LogP contribution in [0.3, 0.4) is 0 Å². The van der Waals surface area contributed by atoms with E-state index in [1.807, 2.05) is 30.3 Å². The largest absolute Gasteiger partial charge is 0.459 e. The molecular formula is C23H23N3O7S. The number of benzene rings is 2. The Labute approximate surface area is 199 Å². The number of fused-ring (bicyclic) bond motifs is 1. The van der Waals surface area contributed by atoms with Crippen molar-refractivity contribution in [1.82, 2.24) is 10.2 Å². The van der Waals surface area contributed by atoms with Crippen molar-refractivity contribution in [2.24, 2.45) is 5.92 Å². The number of β-lactam (4-membered cyclic amide) rings is 1. The van der Waals surface area contributed by atoms with Crippen LogP contribution in [-0.2, 0) is 32.1 Å². The lowest BCUT2D eigenvalue weighted by Gasteiger charge is -2.54. The molecule has 0 spiro atoms. The Morgan fingerprint density at radius 1 is 1.15 bits per heavy atom. The second-order valence-corrected chi connectivity index (χ2v) is 9.25. The molecule has 3 unspecified atom stereocenters. The minimum atomic E-state index is -0.968. The van der Waals surface area contributed by atoms with Crippen LogP contribution < -0.4 is 5.32 Å². The maximum absolute atomic E-state index is 12.9. The molecule has 0 aliphatic carbocycles. The molecule has 178 valence electrons. The van der Waals surface area contributed by atoms with Gasteiger partial charge in [-0.3, -0.25) is 19.7 Å². The van der Waals surface area contributed by atoms with Gasteiger partial charge >= 0.3 is 5.97 Å². The van der Waals surface area contributed by atoms with E-state index in [-0.39, 0.29) is 31.2 Å². The number of carbonyl (C=O) groups is 3. The molecule has 2 aromatic rings. The zero-order valence-corrected chi connectivity index (χ0v) is 18.8. The zero-order valence-electron chi connectivity index (χ0n) is 18.0. The van der Waals surface area contributed by atoms with Crippen molar-refractivity contribution in [1.29, 1.82) is 0 Å². The van der Waals surface area contributed by atoms with Gasteiger partial charge in [0.05, 0.1) is 11.3 Å². The predicted octanol–water partition coefficient (Wildman–Crippen LogP) is 1.26. The zero-order chi connectivity index (χ0) is 24.2. The average molecular weight is 486 g/mol. The van der Waals surface area contributed by atoms with E-state index < -0.39 is 40.2 Å². The van der Waals surface area contributed by atoms with Gasteiger partial charge in [-0.2, -0.15) is 0 Å². The van der Waals surface area contributed by atoms with Crippen LogP contribution in [0.15, 0.2) is 54.6 Å². The minimum Gasteiger partial charge on any atom is -0.459 e. The van der Waals surface area contributed by atoms with Crippen molar-refractivity contribution in [3.8, 4) is 0 Å². The molecule has 2 fully saturated rings. The van der Waals surface area contributed by atoms with Gasteiger partial charge in [-0.15, -0.1) is 11.8 Å². The van der Waals surface area contributed by atoms with Crippen molar-refractivity contribution in [2.75, 3.05) is 12.4 Å². The number of nitrogens with one attached hydrogen (secondary N) is 1. The van der Waals surface area contributed by atoms with E-state index in [1.54, 1.807) is 0 Å². The normalized spacial score (nSPS) is 23.4. The van der Waals surface area contributed by atoms with E-state index in [4.69, 9.17) is 4.74 Å². The molecule has 11 heteroatoms. The lowest BCUT2D eigenvalue weighted by molar-refractivity contribution is -0.384. The predicted molar refractivity (Wildman–Crippen MR) is 122 cm³/mol. The monoisotopic (exact) mass is 485 g/mol. The maximum Gasteiger partial charge on any atom is 0.329 e. The van der Waals surface area contributed by atoms with Gasteiger partial charge in [0.1, 0.15) is 24.1 Å². The summed E-state index contributed by atoms with van der Waals surface area (Å²) in [5.41, 5.74) is 1.31. The number of nitro groups is 1. The molecule has 2 saturated heterocycles. The SMILES string of the molecule is O=C(Cc1ccccc1)NC1C(=O)N2C(C(=O)OCc3ccc([N+](=O)[O-])cc3)C(CO)CS[C@@H]12. The summed E-state index contributed by atoms with van der Waals surface area (Å²) in [4.78, 5) is 49.8. The maximum atomic E-state index is 12.9. The highest BCUT2D eigenvalue weighted by Gasteiger charge is 2.58. The molecule has 0 aromatic heterocycles. The van der Waals surface area contributed by atoms with Gasteiger partial charge in [-0.05, 0) is 23.3 Å². The average Bonchev–Trinajstić information content (AvgIpc) is 2.85. The number of nitro benzene ring substituents is 1. The van der Waals surface area contributed by atoms with Crippen LogP contribution in [0.4, 0.5) is 5.69 Å². The van der Waals surface area contributed by atoms with Gasteiger partial charge in [0.2, 0.25) is 11.8 Å². The van der Waals surface area contributed by atoms with Gasteiger partial charge in [-0.25, -0.2) is 4.79 Å². The number of rotatable bonds is 8. The molecule has 2 heterocycles. The van der Waals surface area contributed by atoms with E-state index in [9.17, 15) is 29.6 Å². The number of carbonyl (C=O) groups excluding carboxylic acids is 3. The molecule has 4 atom stereocenters. The van der Waals surface area contributed by atoms with Gasteiger partial charge < -0.3 is 20.1 Å². The molecule has 0 saturated carbocycles. The first kappa shape index (κ1) is 23.7. The second-order valence-electron chi connectivity index (χ2n) is 8.10. The van der Waals surface area contributed by atoms with Crippen LogP contribution in [0, 0.1) is 16.0 Å². The molecule has 2 aliphatic heterocycles. The summed E-state index contributed by atoms with van der Waals surface area (Å²) in [6.45, 7) is -0.422. The number of non-ortho nitro benzene ring substituents is 1. The van der Waals surface area contributed by atoms with Gasteiger partial charge in [0.25, 0.3) is 5.69 Å². The summed E-state index contributed by atoms with van der Waals surface area (Å²) in [6.07, 6.45) is 0.141. The summed E-state index contributed by atoms with van der Waals surface area (Å²) < 4.78 is 5.39. The topological polar surface area (TPSA) is 139 Å². The second kappa shape index (κ2) is 10.2. The lowest BCUT2D eigenvalue weighted by atomic mass is 9.94. The Hall–Kier alpha value is -3.44. The number of hydrogen-bond acceptors (Lipinski definition) is 8. The molecule has 0 bridgehead atoms. The number of hydrogen-bond donors (Lipinski definition) is 2. The van der Waals surface area contributed by atoms with Gasteiger partial charge in [0.15, 0.2) is 0 Å². The third-order valence-corrected chi connectivity index (χ3v) is 7.30. The summed E-state index contributed by atoms with van der Waals surface area (Å²) in [6, 6.07) is 13.1. The smallest absolute Gasteiger partial charge is 0.329 e. The fraction of sp³-hybridized carbons (Fsp3) is 0.348. The van der Waals surface area contributed by atoms with Crippen LogP contribution in [0.5, 0.6) is 0 Å². The molecular weight excluding hydrogens is 462 g/mol.